The van der Waals surface area contributed by atoms with Crippen molar-refractivity contribution >= 4 is 5.91 Å². The van der Waals surface area contributed by atoms with E-state index in [1.165, 1.54) is 12.1 Å². The van der Waals surface area contributed by atoms with Crippen LogP contribution in [0.3, 0.4) is 0 Å². The molecule has 150 valence electrons. The van der Waals surface area contributed by atoms with Crippen LogP contribution in [0.4, 0.5) is 4.39 Å². The topological polar surface area (TPSA) is 78.5 Å². The fourth-order valence-corrected chi connectivity index (χ4v) is 4.08. The second-order valence-corrected chi connectivity index (χ2v) is 7.85. The summed E-state index contributed by atoms with van der Waals surface area (Å²) in [5.41, 5.74) is 1.70. The quantitative estimate of drug-likeness (QED) is 0.846. The Bertz CT molecular complexity index is 836. The van der Waals surface area contributed by atoms with E-state index in [0.29, 0.717) is 43.8 Å². The number of hydrogen-bond acceptors (Lipinski definition) is 4. The normalized spacial score (nSPS) is 22.4. The Hall–Kier alpha value is -2.41. The van der Waals surface area contributed by atoms with E-state index in [1.54, 1.807) is 17.0 Å². The molecule has 1 aromatic heterocycles. The van der Waals surface area contributed by atoms with Gasteiger partial charge in [0.15, 0.2) is 5.69 Å². The summed E-state index contributed by atoms with van der Waals surface area (Å²) in [6, 6.07) is 5.76. The summed E-state index contributed by atoms with van der Waals surface area (Å²) in [4.78, 5) is 14.8. The van der Waals surface area contributed by atoms with Crippen molar-refractivity contribution in [3.05, 3.63) is 47.0 Å². The lowest BCUT2D eigenvalue weighted by Crippen LogP contribution is -2.38. The van der Waals surface area contributed by atoms with Gasteiger partial charge in [-0.2, -0.15) is 5.10 Å². The van der Waals surface area contributed by atoms with Crippen LogP contribution in [0.1, 0.15) is 53.8 Å². The summed E-state index contributed by atoms with van der Waals surface area (Å²) in [7, 11) is 0. The first kappa shape index (κ1) is 18.9. The number of H-pyrrole nitrogens is 1. The van der Waals surface area contributed by atoms with Crippen LogP contribution < -0.4 is 4.74 Å². The molecule has 7 heteroatoms. The number of aromatic amines is 1. The molecule has 2 aromatic rings. The maximum Gasteiger partial charge on any atom is 0.274 e. The van der Waals surface area contributed by atoms with E-state index in [1.807, 2.05) is 0 Å². The van der Waals surface area contributed by atoms with Crippen molar-refractivity contribution < 1.29 is 19.0 Å². The van der Waals surface area contributed by atoms with Crippen molar-refractivity contribution in [2.45, 2.75) is 50.5 Å². The first-order valence-corrected chi connectivity index (χ1v) is 10.0. The largest absolute Gasteiger partial charge is 0.491 e. The number of nitrogens with zero attached hydrogens (tertiary/aromatic N) is 2. The third-order valence-corrected chi connectivity index (χ3v) is 5.78. The minimum atomic E-state index is -1.01. The lowest BCUT2D eigenvalue weighted by molar-refractivity contribution is -0.0163. The standard InChI is InChI=1S/C21H26FN3O3/c22-15-6-8-16(9-7-15)28-14-21(27)10-3-12-25(13-11-21)20(26)19-17-4-1-2-5-18(17)23-24-19/h6-9,27H,1-5,10-14H2,(H,23,24). The van der Waals surface area contributed by atoms with E-state index < -0.39 is 5.60 Å². The van der Waals surface area contributed by atoms with Gasteiger partial charge in [-0.25, -0.2) is 4.39 Å². The number of aromatic nitrogens is 2. The van der Waals surface area contributed by atoms with Gasteiger partial charge in [-0.05, 0) is 69.2 Å². The van der Waals surface area contributed by atoms with Crippen LogP contribution in [0, 0.1) is 5.82 Å². The monoisotopic (exact) mass is 387 g/mol. The molecule has 0 saturated carbocycles. The lowest BCUT2D eigenvalue weighted by atomic mass is 9.95. The summed E-state index contributed by atoms with van der Waals surface area (Å²) in [5, 5.41) is 18.2. The molecule has 1 aromatic carbocycles. The molecular formula is C21H26FN3O3. The fraction of sp³-hybridized carbons (Fsp3) is 0.524. The Morgan fingerprint density at radius 3 is 2.79 bits per heavy atom. The molecule has 1 unspecified atom stereocenters. The first-order valence-electron chi connectivity index (χ1n) is 10.0. The van der Waals surface area contributed by atoms with E-state index in [-0.39, 0.29) is 18.3 Å². The zero-order chi connectivity index (χ0) is 19.6. The van der Waals surface area contributed by atoms with E-state index in [0.717, 1.165) is 36.9 Å². The third kappa shape index (κ3) is 4.04. The van der Waals surface area contributed by atoms with E-state index in [4.69, 9.17) is 4.74 Å². The summed E-state index contributed by atoms with van der Waals surface area (Å²) in [5.74, 6) is 0.147. The van der Waals surface area contributed by atoms with Crippen molar-refractivity contribution in [3.8, 4) is 5.75 Å². The predicted octanol–water partition coefficient (Wildman–Crippen LogP) is 2.86. The number of hydrogen-bond donors (Lipinski definition) is 2. The maximum absolute atomic E-state index is 13.0. The minimum Gasteiger partial charge on any atom is -0.491 e. The smallest absolute Gasteiger partial charge is 0.274 e. The van der Waals surface area contributed by atoms with Crippen LogP contribution in [0.2, 0.25) is 0 Å². The molecule has 2 heterocycles. The van der Waals surface area contributed by atoms with Gasteiger partial charge in [0.2, 0.25) is 0 Å². The number of aryl methyl sites for hydroxylation is 1. The molecule has 1 aliphatic heterocycles. The van der Waals surface area contributed by atoms with Crippen molar-refractivity contribution in [2.75, 3.05) is 19.7 Å². The van der Waals surface area contributed by atoms with Crippen LogP contribution >= 0.6 is 0 Å². The second-order valence-electron chi connectivity index (χ2n) is 7.85. The third-order valence-electron chi connectivity index (χ3n) is 5.78. The SMILES string of the molecule is O=C(c1n[nH]c2c1CCCC2)N1CCCC(O)(COc2ccc(F)cc2)CC1. The lowest BCUT2D eigenvalue weighted by Gasteiger charge is -2.27. The number of carbonyl (C=O) groups is 1. The van der Waals surface area contributed by atoms with Gasteiger partial charge in [0.05, 0.1) is 0 Å². The zero-order valence-corrected chi connectivity index (χ0v) is 15.9. The molecule has 2 aliphatic rings. The van der Waals surface area contributed by atoms with Gasteiger partial charge in [-0.1, -0.05) is 0 Å². The second kappa shape index (κ2) is 7.91. The molecule has 1 aliphatic carbocycles. The van der Waals surface area contributed by atoms with Gasteiger partial charge >= 0.3 is 0 Å². The van der Waals surface area contributed by atoms with E-state index in [2.05, 4.69) is 10.2 Å². The highest BCUT2D eigenvalue weighted by Gasteiger charge is 2.34. The number of ether oxygens (including phenoxy) is 1. The minimum absolute atomic E-state index is 0.0527. The molecule has 1 amide bonds. The Labute approximate surface area is 163 Å². The van der Waals surface area contributed by atoms with E-state index in [9.17, 15) is 14.3 Å². The molecule has 1 saturated heterocycles. The van der Waals surface area contributed by atoms with Gasteiger partial charge in [0.25, 0.3) is 5.91 Å². The van der Waals surface area contributed by atoms with Crippen LogP contribution in [0.15, 0.2) is 24.3 Å². The first-order chi connectivity index (χ1) is 13.5. The average Bonchev–Trinajstić information content (AvgIpc) is 3.04. The Kier molecular flexibility index (Phi) is 5.35. The van der Waals surface area contributed by atoms with Gasteiger partial charge in [0, 0.05) is 24.3 Å². The number of fused-ring (bicyclic) bond motifs is 1. The van der Waals surface area contributed by atoms with Crippen molar-refractivity contribution in [1.29, 1.82) is 0 Å². The molecule has 4 rings (SSSR count). The summed E-state index contributed by atoms with van der Waals surface area (Å²) < 4.78 is 18.7. The Morgan fingerprint density at radius 2 is 1.96 bits per heavy atom. The van der Waals surface area contributed by atoms with Crippen molar-refractivity contribution in [2.24, 2.45) is 0 Å². The highest BCUT2D eigenvalue weighted by Crippen LogP contribution is 2.27. The number of rotatable bonds is 4. The molecule has 1 fully saturated rings. The summed E-state index contributed by atoms with van der Waals surface area (Å²) >= 11 is 0. The summed E-state index contributed by atoms with van der Waals surface area (Å²) in [6.45, 7) is 1.18. The summed E-state index contributed by atoms with van der Waals surface area (Å²) in [6.07, 6.45) is 5.76. The van der Waals surface area contributed by atoms with Crippen LogP contribution in [0.5, 0.6) is 5.75 Å². The molecule has 0 spiro atoms. The van der Waals surface area contributed by atoms with Crippen LogP contribution in [0.25, 0.3) is 0 Å². The molecule has 6 nitrogen and oxygen atoms in total. The Balaban J connectivity index is 1.38. The molecule has 0 bridgehead atoms. The van der Waals surface area contributed by atoms with Gasteiger partial charge in [0.1, 0.15) is 23.8 Å². The highest BCUT2D eigenvalue weighted by molar-refractivity contribution is 5.94. The van der Waals surface area contributed by atoms with Crippen LogP contribution in [-0.4, -0.2) is 51.4 Å². The van der Waals surface area contributed by atoms with Crippen LogP contribution in [-0.2, 0) is 12.8 Å². The number of amides is 1. The van der Waals surface area contributed by atoms with E-state index >= 15 is 0 Å². The maximum atomic E-state index is 13.0. The van der Waals surface area contributed by atoms with Gasteiger partial charge < -0.3 is 14.7 Å². The molecule has 0 radical (unpaired) electrons. The number of aliphatic hydroxyl groups is 1. The molecule has 1 atom stereocenters. The number of carbonyl (C=O) groups excluding carboxylic acids is 1. The number of likely N-dealkylation sites (tertiary alicyclic amines) is 1. The number of nitrogens with one attached hydrogen (secondary N) is 1. The van der Waals surface area contributed by atoms with Gasteiger partial charge in [-0.3, -0.25) is 9.89 Å². The number of benzene rings is 1. The predicted molar refractivity (Wildman–Crippen MR) is 102 cm³/mol. The van der Waals surface area contributed by atoms with Gasteiger partial charge in [-0.15, -0.1) is 0 Å². The number of halogens is 1. The zero-order valence-electron chi connectivity index (χ0n) is 15.9. The van der Waals surface area contributed by atoms with Crippen molar-refractivity contribution in [3.63, 3.8) is 0 Å². The molecule has 2 N–H and O–H groups in total. The average molecular weight is 387 g/mol. The molecule has 28 heavy (non-hydrogen) atoms. The highest BCUT2D eigenvalue weighted by atomic mass is 19.1. The molecular weight excluding hydrogens is 361 g/mol. The fourth-order valence-electron chi connectivity index (χ4n) is 4.08. The Morgan fingerprint density at radius 1 is 1.18 bits per heavy atom. The van der Waals surface area contributed by atoms with Crippen molar-refractivity contribution in [1.82, 2.24) is 15.1 Å².